The van der Waals surface area contributed by atoms with Crippen LogP contribution in [0.3, 0.4) is 0 Å². The highest BCUT2D eigenvalue weighted by molar-refractivity contribution is 6.36. The van der Waals surface area contributed by atoms with Crippen molar-refractivity contribution in [3.05, 3.63) is 69.6 Å². The molecule has 1 fully saturated rings. The number of aryl methyl sites for hydroxylation is 1. The summed E-state index contributed by atoms with van der Waals surface area (Å²) in [6.07, 6.45) is 6.46. The normalized spacial score (nSPS) is 17.8. The van der Waals surface area contributed by atoms with Gasteiger partial charge < -0.3 is 20.1 Å². The number of piperidine rings is 1. The van der Waals surface area contributed by atoms with Gasteiger partial charge in [-0.25, -0.2) is 9.37 Å². The van der Waals surface area contributed by atoms with Crippen LogP contribution in [0, 0.1) is 5.82 Å². The Balaban J connectivity index is 1.34. The van der Waals surface area contributed by atoms with E-state index in [4.69, 9.17) is 38.4 Å². The summed E-state index contributed by atoms with van der Waals surface area (Å²) in [4.78, 5) is 6.88. The highest BCUT2D eigenvalue weighted by Gasteiger charge is 2.39. The molecule has 5 rings (SSSR count). The molecule has 1 aromatic heterocycles. The maximum atomic E-state index is 14.0. The minimum atomic E-state index is -0.632. The average Bonchev–Trinajstić information content (AvgIpc) is 2.89. The standard InChI is InChI=1S/C29H32Cl2FN3O2/c1-3-12-35-13-10-29(11-14-35)9-8-20-15-19(4-7-24(20)37-29)21-16-25(28(33)34-17-21)36-18(2)26-22(30)5-6-23(32)27(26)31/h4-7,15-18H,3,8-14H2,1-2H3,(H2,33,34)/t18-/m1/s1. The van der Waals surface area contributed by atoms with Gasteiger partial charge in [-0.15, -0.1) is 0 Å². The molecule has 37 heavy (non-hydrogen) atoms. The second-order valence-corrected chi connectivity index (χ2v) is 10.9. The van der Waals surface area contributed by atoms with Crippen molar-refractivity contribution in [2.75, 3.05) is 25.4 Å². The van der Waals surface area contributed by atoms with E-state index in [9.17, 15) is 4.39 Å². The Kier molecular flexibility index (Phi) is 7.53. The number of anilines is 1. The highest BCUT2D eigenvalue weighted by atomic mass is 35.5. The van der Waals surface area contributed by atoms with Crippen molar-refractivity contribution in [1.29, 1.82) is 0 Å². The quantitative estimate of drug-likeness (QED) is 0.326. The number of benzene rings is 2. The summed E-state index contributed by atoms with van der Waals surface area (Å²) in [6, 6.07) is 10.8. The number of aromatic nitrogens is 1. The van der Waals surface area contributed by atoms with E-state index >= 15 is 0 Å². The molecule has 0 unspecified atom stereocenters. The van der Waals surface area contributed by atoms with Crippen LogP contribution in [-0.4, -0.2) is 35.1 Å². The molecule has 3 aromatic rings. The number of nitrogen functional groups attached to an aromatic ring is 1. The van der Waals surface area contributed by atoms with E-state index in [0.29, 0.717) is 16.3 Å². The van der Waals surface area contributed by atoms with E-state index in [2.05, 4.69) is 28.9 Å². The molecule has 2 aromatic carbocycles. The lowest BCUT2D eigenvalue weighted by molar-refractivity contribution is -0.0143. The van der Waals surface area contributed by atoms with Crippen LogP contribution in [0.5, 0.6) is 11.5 Å². The van der Waals surface area contributed by atoms with Gasteiger partial charge in [-0.2, -0.15) is 0 Å². The van der Waals surface area contributed by atoms with Gasteiger partial charge in [0.15, 0.2) is 11.6 Å². The lowest BCUT2D eigenvalue weighted by Gasteiger charge is -2.44. The Morgan fingerprint density at radius 2 is 1.92 bits per heavy atom. The Bertz CT molecular complexity index is 1290. The van der Waals surface area contributed by atoms with Crippen LogP contribution in [0.15, 0.2) is 42.6 Å². The second-order valence-electron chi connectivity index (χ2n) is 10.1. The fraction of sp³-hybridized carbons (Fsp3) is 0.414. The molecule has 2 aliphatic heterocycles. The Morgan fingerprint density at radius 1 is 1.14 bits per heavy atom. The number of nitrogens with zero attached hydrogens (tertiary/aromatic N) is 2. The number of hydrogen-bond donors (Lipinski definition) is 1. The summed E-state index contributed by atoms with van der Waals surface area (Å²) < 4.78 is 26.7. The predicted molar refractivity (Wildman–Crippen MR) is 147 cm³/mol. The van der Waals surface area contributed by atoms with E-state index in [1.54, 1.807) is 13.1 Å². The Hall–Kier alpha value is -2.54. The molecule has 0 amide bonds. The van der Waals surface area contributed by atoms with E-state index in [0.717, 1.165) is 55.6 Å². The number of fused-ring (bicyclic) bond motifs is 1. The van der Waals surface area contributed by atoms with Crippen molar-refractivity contribution >= 4 is 29.0 Å². The third kappa shape index (κ3) is 5.38. The summed E-state index contributed by atoms with van der Waals surface area (Å²) in [5, 5.41) is 0.260. The van der Waals surface area contributed by atoms with Gasteiger partial charge in [0.2, 0.25) is 0 Å². The van der Waals surface area contributed by atoms with Gasteiger partial charge in [0.25, 0.3) is 0 Å². The average molecular weight is 544 g/mol. The molecule has 1 atom stereocenters. The summed E-state index contributed by atoms with van der Waals surface area (Å²) >= 11 is 12.4. The fourth-order valence-corrected chi connectivity index (χ4v) is 6.10. The molecule has 0 radical (unpaired) electrons. The van der Waals surface area contributed by atoms with Crippen LogP contribution in [0.2, 0.25) is 10.0 Å². The number of rotatable bonds is 6. The molecule has 3 heterocycles. The molecular formula is C29H32Cl2FN3O2. The van der Waals surface area contributed by atoms with E-state index in [1.807, 2.05) is 12.1 Å². The molecule has 0 aliphatic carbocycles. The SMILES string of the molecule is CCCN1CCC2(CCc3cc(-c4cnc(N)c(O[C@H](C)c5c(Cl)ccc(F)c5Cl)c4)ccc3O2)CC1. The first-order chi connectivity index (χ1) is 17.8. The Labute approximate surface area is 227 Å². The van der Waals surface area contributed by atoms with Gasteiger partial charge in [0.05, 0.1) is 5.02 Å². The zero-order chi connectivity index (χ0) is 26.2. The van der Waals surface area contributed by atoms with E-state index in [1.165, 1.54) is 30.7 Å². The molecule has 0 saturated carbocycles. The van der Waals surface area contributed by atoms with Crippen LogP contribution in [0.4, 0.5) is 10.2 Å². The Morgan fingerprint density at radius 3 is 2.68 bits per heavy atom. The van der Waals surface area contributed by atoms with E-state index in [-0.39, 0.29) is 16.4 Å². The van der Waals surface area contributed by atoms with E-state index < -0.39 is 11.9 Å². The lowest BCUT2D eigenvalue weighted by Crippen LogP contribution is -2.49. The van der Waals surface area contributed by atoms with Crippen molar-refractivity contribution < 1.29 is 13.9 Å². The molecule has 2 aliphatic rings. The molecule has 0 bridgehead atoms. The first-order valence-corrected chi connectivity index (χ1v) is 13.6. The van der Waals surface area contributed by atoms with Gasteiger partial charge >= 0.3 is 0 Å². The number of ether oxygens (including phenoxy) is 2. The largest absolute Gasteiger partial charge is 0.487 e. The summed E-state index contributed by atoms with van der Waals surface area (Å²) in [7, 11) is 0. The predicted octanol–water partition coefficient (Wildman–Crippen LogP) is 7.49. The lowest BCUT2D eigenvalue weighted by atomic mass is 9.82. The van der Waals surface area contributed by atoms with Gasteiger partial charge in [-0.05, 0) is 87.0 Å². The number of halogens is 3. The van der Waals surface area contributed by atoms with Crippen LogP contribution in [0.25, 0.3) is 11.1 Å². The number of likely N-dealkylation sites (tertiary alicyclic amines) is 1. The van der Waals surface area contributed by atoms with Crippen LogP contribution < -0.4 is 15.2 Å². The molecule has 8 heteroatoms. The first kappa shape index (κ1) is 26.1. The molecule has 2 N–H and O–H groups in total. The van der Waals surface area contributed by atoms with Crippen molar-refractivity contribution in [3.63, 3.8) is 0 Å². The number of hydrogen-bond acceptors (Lipinski definition) is 5. The van der Waals surface area contributed by atoms with Gasteiger partial charge in [0.1, 0.15) is 23.3 Å². The molecular weight excluding hydrogens is 512 g/mol. The maximum absolute atomic E-state index is 14.0. The maximum Gasteiger partial charge on any atom is 0.166 e. The zero-order valence-electron chi connectivity index (χ0n) is 21.2. The van der Waals surface area contributed by atoms with Gasteiger partial charge in [-0.3, -0.25) is 0 Å². The van der Waals surface area contributed by atoms with Crippen molar-refractivity contribution in [1.82, 2.24) is 9.88 Å². The highest BCUT2D eigenvalue weighted by Crippen LogP contribution is 2.42. The second kappa shape index (κ2) is 10.7. The van der Waals surface area contributed by atoms with Crippen molar-refractivity contribution in [2.24, 2.45) is 0 Å². The minimum Gasteiger partial charge on any atom is -0.487 e. The summed E-state index contributed by atoms with van der Waals surface area (Å²) in [5.41, 5.74) is 9.51. The van der Waals surface area contributed by atoms with Crippen LogP contribution in [0.1, 0.15) is 56.8 Å². The monoisotopic (exact) mass is 543 g/mol. The van der Waals surface area contributed by atoms with Gasteiger partial charge in [0, 0.05) is 35.4 Å². The number of pyridine rings is 1. The number of nitrogens with two attached hydrogens (primary N) is 1. The van der Waals surface area contributed by atoms with Crippen LogP contribution >= 0.6 is 23.2 Å². The third-order valence-corrected chi connectivity index (χ3v) is 8.26. The summed E-state index contributed by atoms with van der Waals surface area (Å²) in [5.74, 6) is 1.04. The first-order valence-electron chi connectivity index (χ1n) is 12.9. The van der Waals surface area contributed by atoms with Crippen molar-refractivity contribution in [2.45, 2.75) is 57.7 Å². The minimum absolute atomic E-state index is 0.0435. The molecule has 5 nitrogen and oxygen atoms in total. The van der Waals surface area contributed by atoms with Crippen molar-refractivity contribution in [3.8, 4) is 22.6 Å². The third-order valence-electron chi connectivity index (χ3n) is 7.55. The zero-order valence-corrected chi connectivity index (χ0v) is 22.7. The molecule has 196 valence electrons. The fourth-order valence-electron chi connectivity index (χ4n) is 5.43. The smallest absolute Gasteiger partial charge is 0.166 e. The topological polar surface area (TPSA) is 60.6 Å². The van der Waals surface area contributed by atoms with Crippen LogP contribution in [-0.2, 0) is 6.42 Å². The molecule has 1 saturated heterocycles. The van der Waals surface area contributed by atoms with Gasteiger partial charge in [-0.1, -0.05) is 36.2 Å². The molecule has 1 spiro atoms. The summed E-state index contributed by atoms with van der Waals surface area (Å²) in [6.45, 7) is 7.35.